The molecule has 0 radical (unpaired) electrons. The number of amides is 1. The summed E-state index contributed by atoms with van der Waals surface area (Å²) in [5.41, 5.74) is 2.71. The third kappa shape index (κ3) is 6.47. The molecule has 1 amide bonds. The van der Waals surface area contributed by atoms with Crippen LogP contribution in [0, 0.1) is 19.7 Å². The van der Waals surface area contributed by atoms with E-state index in [0.717, 1.165) is 5.56 Å². The average Bonchev–Trinajstić information content (AvgIpc) is 2.83. The largest absolute Gasteiger partial charge is 0.460 e. The Morgan fingerprint density at radius 2 is 1.61 bits per heavy atom. The minimum absolute atomic E-state index is 0.131. The highest BCUT2D eigenvalue weighted by atomic mass is 35.5. The standard InChI is InChI=1S/C27H25ClFNO6/c1-17-6-4-5-7-21(17)26(32)22-10-9-20(15-23(22)28)30(24-11-8-19(29)14-18(24)2)27(33)36-13-12-35-25(31)16-34-3/h4-11,14-15H,12-13,16H2,1-3H3. The van der Waals surface area contributed by atoms with Crippen molar-refractivity contribution < 1.29 is 33.0 Å². The van der Waals surface area contributed by atoms with Crippen LogP contribution in [0.25, 0.3) is 0 Å². The van der Waals surface area contributed by atoms with Crippen LogP contribution in [0.1, 0.15) is 27.0 Å². The lowest BCUT2D eigenvalue weighted by molar-refractivity contribution is -0.148. The fraction of sp³-hybridized carbons (Fsp3) is 0.222. The molecule has 7 nitrogen and oxygen atoms in total. The van der Waals surface area contributed by atoms with Crippen LogP contribution >= 0.6 is 11.6 Å². The molecule has 0 saturated carbocycles. The maximum atomic E-state index is 13.7. The van der Waals surface area contributed by atoms with Gasteiger partial charge in [0.05, 0.1) is 16.4 Å². The number of ether oxygens (including phenoxy) is 3. The van der Waals surface area contributed by atoms with Gasteiger partial charge >= 0.3 is 12.1 Å². The van der Waals surface area contributed by atoms with E-state index in [9.17, 15) is 18.8 Å². The van der Waals surface area contributed by atoms with E-state index in [1.165, 1.54) is 42.3 Å². The van der Waals surface area contributed by atoms with Gasteiger partial charge in [0.1, 0.15) is 25.6 Å². The van der Waals surface area contributed by atoms with Crippen LogP contribution in [-0.2, 0) is 19.0 Å². The Morgan fingerprint density at radius 1 is 0.889 bits per heavy atom. The lowest BCUT2D eigenvalue weighted by Crippen LogP contribution is -2.29. The molecule has 3 aromatic carbocycles. The molecule has 0 fully saturated rings. The molecule has 0 bridgehead atoms. The Morgan fingerprint density at radius 3 is 2.28 bits per heavy atom. The van der Waals surface area contributed by atoms with Crippen molar-refractivity contribution in [1.29, 1.82) is 0 Å². The zero-order valence-corrected chi connectivity index (χ0v) is 20.8. The summed E-state index contributed by atoms with van der Waals surface area (Å²) in [5, 5.41) is 0.131. The van der Waals surface area contributed by atoms with Crippen molar-refractivity contribution in [2.75, 3.05) is 31.8 Å². The van der Waals surface area contributed by atoms with E-state index in [1.807, 2.05) is 19.1 Å². The van der Waals surface area contributed by atoms with Crippen molar-refractivity contribution >= 4 is 40.8 Å². The van der Waals surface area contributed by atoms with Crippen molar-refractivity contribution in [2.45, 2.75) is 13.8 Å². The third-order valence-corrected chi connectivity index (χ3v) is 5.57. The topological polar surface area (TPSA) is 82.1 Å². The van der Waals surface area contributed by atoms with Gasteiger partial charge in [0.25, 0.3) is 0 Å². The Balaban J connectivity index is 1.89. The molecule has 0 spiro atoms. The molecule has 188 valence electrons. The first-order valence-electron chi connectivity index (χ1n) is 11.0. The molecule has 3 aromatic rings. The first kappa shape index (κ1) is 26.8. The molecule has 3 rings (SSSR count). The van der Waals surface area contributed by atoms with Crippen molar-refractivity contribution in [1.82, 2.24) is 0 Å². The molecule has 0 heterocycles. The number of esters is 1. The van der Waals surface area contributed by atoms with Crippen molar-refractivity contribution in [3.8, 4) is 0 Å². The van der Waals surface area contributed by atoms with Gasteiger partial charge in [-0.1, -0.05) is 35.9 Å². The molecule has 0 aliphatic heterocycles. The van der Waals surface area contributed by atoms with Gasteiger partial charge in [0, 0.05) is 18.2 Å². The molecule has 0 aromatic heterocycles. The fourth-order valence-electron chi connectivity index (χ4n) is 3.52. The van der Waals surface area contributed by atoms with Crippen LogP contribution < -0.4 is 4.90 Å². The minimum Gasteiger partial charge on any atom is -0.460 e. The predicted octanol–water partition coefficient (Wildman–Crippen LogP) is 5.79. The molecule has 0 N–H and O–H groups in total. The second-order valence-electron chi connectivity index (χ2n) is 7.84. The molecule has 9 heteroatoms. The van der Waals surface area contributed by atoms with Crippen molar-refractivity contribution in [2.24, 2.45) is 0 Å². The molecule has 0 aliphatic rings. The quantitative estimate of drug-likeness (QED) is 0.204. The minimum atomic E-state index is -0.804. The maximum absolute atomic E-state index is 13.7. The molecule has 0 atom stereocenters. The molecule has 0 saturated heterocycles. The number of halogens is 2. The number of carbonyl (C=O) groups is 3. The van der Waals surface area contributed by atoms with Gasteiger partial charge in [0.15, 0.2) is 5.78 Å². The lowest BCUT2D eigenvalue weighted by Gasteiger charge is -2.24. The number of rotatable bonds is 9. The van der Waals surface area contributed by atoms with Crippen LogP contribution in [-0.4, -0.2) is 44.8 Å². The number of nitrogens with zero attached hydrogens (tertiary/aromatic N) is 1. The van der Waals surface area contributed by atoms with E-state index in [2.05, 4.69) is 4.74 Å². The smallest absolute Gasteiger partial charge is 0.419 e. The van der Waals surface area contributed by atoms with Crippen molar-refractivity contribution in [3.63, 3.8) is 0 Å². The Hall–Kier alpha value is -3.75. The number of ketones is 1. The number of anilines is 2. The van der Waals surface area contributed by atoms with Crippen molar-refractivity contribution in [3.05, 3.63) is 93.8 Å². The summed E-state index contributed by atoms with van der Waals surface area (Å²) in [7, 11) is 1.36. The van der Waals surface area contributed by atoms with E-state index in [4.69, 9.17) is 21.1 Å². The van der Waals surface area contributed by atoms with Crippen LogP contribution in [0.4, 0.5) is 20.6 Å². The van der Waals surface area contributed by atoms with E-state index >= 15 is 0 Å². The molecule has 0 aliphatic carbocycles. The summed E-state index contributed by atoms with van der Waals surface area (Å²) >= 11 is 6.49. The third-order valence-electron chi connectivity index (χ3n) is 5.26. The zero-order chi connectivity index (χ0) is 26.2. The number of benzene rings is 3. The van der Waals surface area contributed by atoms with Gasteiger partial charge in [-0.3, -0.25) is 4.79 Å². The van der Waals surface area contributed by atoms with E-state index in [1.54, 1.807) is 25.1 Å². The highest BCUT2D eigenvalue weighted by Gasteiger charge is 2.24. The summed E-state index contributed by atoms with van der Waals surface area (Å²) in [6.45, 7) is 2.86. The molecule has 0 unspecified atom stereocenters. The number of aryl methyl sites for hydroxylation is 2. The summed E-state index contributed by atoms with van der Waals surface area (Å²) in [4.78, 5) is 38.8. The number of carbonyl (C=O) groups excluding carboxylic acids is 3. The summed E-state index contributed by atoms with van der Waals surface area (Å²) in [5.74, 6) is -1.32. The van der Waals surface area contributed by atoms with Gasteiger partial charge in [-0.05, 0) is 61.4 Å². The van der Waals surface area contributed by atoms with Gasteiger partial charge < -0.3 is 14.2 Å². The summed E-state index contributed by atoms with van der Waals surface area (Å²) in [6, 6.07) is 15.6. The fourth-order valence-corrected chi connectivity index (χ4v) is 3.78. The normalized spacial score (nSPS) is 10.6. The lowest BCUT2D eigenvalue weighted by atomic mass is 9.99. The van der Waals surface area contributed by atoms with Crippen LogP contribution in [0.15, 0.2) is 60.7 Å². The summed E-state index contributed by atoms with van der Waals surface area (Å²) in [6.07, 6.45) is -0.804. The molecular formula is C27H25ClFNO6. The second-order valence-corrected chi connectivity index (χ2v) is 8.25. The van der Waals surface area contributed by atoms with Gasteiger partial charge in [-0.25, -0.2) is 18.9 Å². The summed E-state index contributed by atoms with van der Waals surface area (Å²) < 4.78 is 28.6. The average molecular weight is 514 g/mol. The Bertz CT molecular complexity index is 1280. The molecular weight excluding hydrogens is 489 g/mol. The highest BCUT2D eigenvalue weighted by Crippen LogP contribution is 2.33. The van der Waals surface area contributed by atoms with Crippen LogP contribution in [0.3, 0.4) is 0 Å². The van der Waals surface area contributed by atoms with E-state index < -0.39 is 17.9 Å². The predicted molar refractivity (Wildman–Crippen MR) is 134 cm³/mol. The zero-order valence-electron chi connectivity index (χ0n) is 20.0. The highest BCUT2D eigenvalue weighted by molar-refractivity contribution is 6.35. The molecule has 36 heavy (non-hydrogen) atoms. The maximum Gasteiger partial charge on any atom is 0.419 e. The van der Waals surface area contributed by atoms with E-state index in [-0.39, 0.29) is 36.2 Å². The second kappa shape index (κ2) is 12.3. The van der Waals surface area contributed by atoms with Gasteiger partial charge in [-0.2, -0.15) is 0 Å². The SMILES string of the molecule is COCC(=O)OCCOC(=O)N(c1ccc(C(=O)c2ccccc2C)c(Cl)c1)c1ccc(F)cc1C. The van der Waals surface area contributed by atoms with E-state index in [0.29, 0.717) is 22.5 Å². The number of hydrogen-bond acceptors (Lipinski definition) is 6. The Kier molecular flexibility index (Phi) is 9.16. The van der Waals surface area contributed by atoms with Gasteiger partial charge in [0.2, 0.25) is 0 Å². The number of hydrogen-bond donors (Lipinski definition) is 0. The monoisotopic (exact) mass is 513 g/mol. The first-order chi connectivity index (χ1) is 17.2. The van der Waals surface area contributed by atoms with Gasteiger partial charge in [-0.15, -0.1) is 0 Å². The van der Waals surface area contributed by atoms with Crippen LogP contribution in [0.5, 0.6) is 0 Å². The number of methoxy groups -OCH3 is 1. The van der Waals surface area contributed by atoms with Crippen LogP contribution in [0.2, 0.25) is 5.02 Å². The first-order valence-corrected chi connectivity index (χ1v) is 11.4. The Labute approximate surface area is 213 Å².